The van der Waals surface area contributed by atoms with E-state index in [0.717, 1.165) is 6.54 Å². The van der Waals surface area contributed by atoms with Gasteiger partial charge in [-0.15, -0.1) is 0 Å². The van der Waals surface area contributed by atoms with Gasteiger partial charge in [-0.05, 0) is 19.1 Å². The number of nitrogen functional groups attached to an aromatic ring is 1. The molecule has 1 aromatic heterocycles. The van der Waals surface area contributed by atoms with Crippen molar-refractivity contribution in [2.75, 3.05) is 23.7 Å². The molecule has 0 spiro atoms. The molecule has 0 saturated heterocycles. The molecule has 0 fully saturated rings. The summed E-state index contributed by atoms with van der Waals surface area (Å²) in [5.41, 5.74) is 6.19. The standard InChI is InChI=1S/C11H13N5/c1-2-16(7-3-6-12)11-5-4-9(14)10(8-13)15-11/h4-5H,2-3,7,14H2,1H3. The summed E-state index contributed by atoms with van der Waals surface area (Å²) in [6.07, 6.45) is 0.432. The summed E-state index contributed by atoms with van der Waals surface area (Å²) in [5.74, 6) is 0.684. The quantitative estimate of drug-likeness (QED) is 0.816. The first-order chi connectivity index (χ1) is 7.72. The first kappa shape index (κ1) is 11.8. The average Bonchev–Trinajstić information content (AvgIpc) is 2.32. The molecule has 1 aromatic rings. The maximum absolute atomic E-state index is 8.81. The van der Waals surface area contributed by atoms with Crippen LogP contribution in [-0.4, -0.2) is 18.1 Å². The number of pyridine rings is 1. The van der Waals surface area contributed by atoms with Gasteiger partial charge in [-0.2, -0.15) is 10.5 Å². The lowest BCUT2D eigenvalue weighted by molar-refractivity contribution is 0.810. The number of nitrogens with two attached hydrogens (primary N) is 1. The molecule has 2 N–H and O–H groups in total. The van der Waals surface area contributed by atoms with Gasteiger partial charge in [0, 0.05) is 13.1 Å². The van der Waals surface area contributed by atoms with Gasteiger partial charge in [0.05, 0.1) is 18.2 Å². The van der Waals surface area contributed by atoms with Gasteiger partial charge >= 0.3 is 0 Å². The van der Waals surface area contributed by atoms with Crippen LogP contribution in [0.1, 0.15) is 19.0 Å². The number of aromatic nitrogens is 1. The predicted molar refractivity (Wildman–Crippen MR) is 61.5 cm³/mol. The Balaban J connectivity index is 2.94. The minimum Gasteiger partial charge on any atom is -0.396 e. The fraction of sp³-hybridized carbons (Fsp3) is 0.364. The highest BCUT2D eigenvalue weighted by molar-refractivity contribution is 5.55. The van der Waals surface area contributed by atoms with Crippen molar-refractivity contribution in [1.29, 1.82) is 10.5 Å². The molecule has 0 amide bonds. The fourth-order valence-electron chi connectivity index (χ4n) is 1.34. The molecule has 0 bridgehead atoms. The van der Waals surface area contributed by atoms with Crippen LogP contribution in [0.2, 0.25) is 0 Å². The van der Waals surface area contributed by atoms with E-state index in [0.29, 0.717) is 24.5 Å². The topological polar surface area (TPSA) is 89.7 Å². The number of rotatable bonds is 4. The molecule has 0 radical (unpaired) electrons. The summed E-state index contributed by atoms with van der Waals surface area (Å²) < 4.78 is 0. The number of nitriles is 2. The number of hydrogen-bond acceptors (Lipinski definition) is 5. The normalized spacial score (nSPS) is 9.19. The Bertz CT molecular complexity index is 441. The van der Waals surface area contributed by atoms with Crippen LogP contribution in [0.4, 0.5) is 11.5 Å². The predicted octanol–water partition coefficient (Wildman–Crippen LogP) is 1.28. The molecule has 1 rings (SSSR count). The van der Waals surface area contributed by atoms with Crippen LogP contribution in [0.3, 0.4) is 0 Å². The van der Waals surface area contributed by atoms with E-state index >= 15 is 0 Å². The largest absolute Gasteiger partial charge is 0.396 e. The van der Waals surface area contributed by atoms with E-state index < -0.39 is 0 Å². The van der Waals surface area contributed by atoms with Gasteiger partial charge in [0.15, 0.2) is 5.69 Å². The molecule has 0 unspecified atom stereocenters. The van der Waals surface area contributed by atoms with Crippen molar-refractivity contribution in [3.8, 4) is 12.1 Å². The van der Waals surface area contributed by atoms with E-state index in [1.54, 1.807) is 12.1 Å². The van der Waals surface area contributed by atoms with Gasteiger partial charge in [-0.1, -0.05) is 0 Å². The average molecular weight is 215 g/mol. The molecule has 5 heteroatoms. The maximum Gasteiger partial charge on any atom is 0.165 e. The minimum atomic E-state index is 0.230. The van der Waals surface area contributed by atoms with Crippen LogP contribution in [0.5, 0.6) is 0 Å². The van der Waals surface area contributed by atoms with Crippen molar-refractivity contribution < 1.29 is 0 Å². The lowest BCUT2D eigenvalue weighted by Gasteiger charge is -2.20. The van der Waals surface area contributed by atoms with Crippen molar-refractivity contribution in [3.63, 3.8) is 0 Å². The van der Waals surface area contributed by atoms with E-state index in [1.165, 1.54) is 0 Å². The number of anilines is 2. The second-order valence-corrected chi connectivity index (χ2v) is 3.21. The maximum atomic E-state index is 8.81. The van der Waals surface area contributed by atoms with Gasteiger partial charge in [0.1, 0.15) is 11.9 Å². The Hall–Kier alpha value is -2.27. The Morgan fingerprint density at radius 2 is 2.19 bits per heavy atom. The molecule has 82 valence electrons. The van der Waals surface area contributed by atoms with E-state index in [4.69, 9.17) is 16.3 Å². The van der Waals surface area contributed by atoms with Gasteiger partial charge < -0.3 is 10.6 Å². The molecular weight excluding hydrogens is 202 g/mol. The first-order valence-corrected chi connectivity index (χ1v) is 5.01. The van der Waals surface area contributed by atoms with E-state index in [2.05, 4.69) is 11.1 Å². The zero-order valence-corrected chi connectivity index (χ0v) is 9.14. The number of hydrogen-bond donors (Lipinski definition) is 1. The molecule has 0 aromatic carbocycles. The van der Waals surface area contributed by atoms with Crippen LogP contribution in [-0.2, 0) is 0 Å². The zero-order valence-electron chi connectivity index (χ0n) is 9.14. The summed E-state index contributed by atoms with van der Waals surface area (Å²) in [4.78, 5) is 6.08. The van der Waals surface area contributed by atoms with Crippen LogP contribution < -0.4 is 10.6 Å². The summed E-state index contributed by atoms with van der Waals surface area (Å²) in [6.45, 7) is 3.32. The van der Waals surface area contributed by atoms with Gasteiger partial charge in [-0.3, -0.25) is 0 Å². The molecule has 0 aliphatic rings. The summed E-state index contributed by atoms with van der Waals surface area (Å²) in [6, 6.07) is 7.45. The third-order valence-corrected chi connectivity index (χ3v) is 2.22. The van der Waals surface area contributed by atoms with E-state index in [1.807, 2.05) is 17.9 Å². The number of nitrogens with zero attached hydrogens (tertiary/aromatic N) is 4. The summed E-state index contributed by atoms with van der Waals surface area (Å²) in [5, 5.41) is 17.3. The van der Waals surface area contributed by atoms with E-state index in [-0.39, 0.29) is 5.69 Å². The smallest absolute Gasteiger partial charge is 0.165 e. The highest BCUT2D eigenvalue weighted by Crippen LogP contribution is 2.16. The second-order valence-electron chi connectivity index (χ2n) is 3.21. The lowest BCUT2D eigenvalue weighted by atomic mass is 10.3. The minimum absolute atomic E-state index is 0.230. The molecule has 0 aliphatic carbocycles. The zero-order chi connectivity index (χ0) is 12.0. The SMILES string of the molecule is CCN(CCC#N)c1ccc(N)c(C#N)n1. The monoisotopic (exact) mass is 215 g/mol. The van der Waals surface area contributed by atoms with Crippen molar-refractivity contribution in [2.24, 2.45) is 0 Å². The van der Waals surface area contributed by atoms with Gasteiger partial charge in [-0.25, -0.2) is 4.98 Å². The Labute approximate surface area is 94.7 Å². The van der Waals surface area contributed by atoms with Crippen LogP contribution in [0.15, 0.2) is 12.1 Å². The molecule has 1 heterocycles. The van der Waals surface area contributed by atoms with Crippen molar-refractivity contribution in [3.05, 3.63) is 17.8 Å². The fourth-order valence-corrected chi connectivity index (χ4v) is 1.34. The molecule has 16 heavy (non-hydrogen) atoms. The highest BCUT2D eigenvalue weighted by Gasteiger charge is 2.08. The summed E-state index contributed by atoms with van der Waals surface area (Å²) >= 11 is 0. The first-order valence-electron chi connectivity index (χ1n) is 5.01. The van der Waals surface area contributed by atoms with Crippen LogP contribution in [0.25, 0.3) is 0 Å². The Kier molecular flexibility index (Phi) is 4.11. The molecule has 0 saturated carbocycles. The van der Waals surface area contributed by atoms with Crippen molar-refractivity contribution >= 4 is 11.5 Å². The Morgan fingerprint density at radius 3 is 2.75 bits per heavy atom. The Morgan fingerprint density at radius 1 is 1.44 bits per heavy atom. The van der Waals surface area contributed by atoms with Crippen LogP contribution in [0, 0.1) is 22.7 Å². The lowest BCUT2D eigenvalue weighted by Crippen LogP contribution is -2.24. The molecule has 0 atom stereocenters. The van der Waals surface area contributed by atoms with Gasteiger partial charge in [0.25, 0.3) is 0 Å². The molecule has 5 nitrogen and oxygen atoms in total. The second kappa shape index (κ2) is 5.57. The third kappa shape index (κ3) is 2.61. The highest BCUT2D eigenvalue weighted by atomic mass is 15.2. The summed E-state index contributed by atoms with van der Waals surface area (Å²) in [7, 11) is 0. The van der Waals surface area contributed by atoms with Crippen molar-refractivity contribution in [1.82, 2.24) is 4.98 Å². The van der Waals surface area contributed by atoms with Crippen molar-refractivity contribution in [2.45, 2.75) is 13.3 Å². The third-order valence-electron chi connectivity index (χ3n) is 2.22. The van der Waals surface area contributed by atoms with Gasteiger partial charge in [0.2, 0.25) is 0 Å². The van der Waals surface area contributed by atoms with E-state index in [9.17, 15) is 0 Å². The molecular formula is C11H13N5. The van der Waals surface area contributed by atoms with Crippen LogP contribution >= 0.6 is 0 Å². The molecule has 0 aliphatic heterocycles.